The summed E-state index contributed by atoms with van der Waals surface area (Å²) in [5.74, 6) is 0.222. The lowest BCUT2D eigenvalue weighted by Crippen LogP contribution is -2.24. The third-order valence-electron chi connectivity index (χ3n) is 4.90. The summed E-state index contributed by atoms with van der Waals surface area (Å²) in [5, 5.41) is 12.6. The van der Waals surface area contributed by atoms with Gasteiger partial charge in [-0.05, 0) is 43.7 Å². The minimum absolute atomic E-state index is 0.158. The van der Waals surface area contributed by atoms with Crippen LogP contribution in [0.2, 0.25) is 5.02 Å². The van der Waals surface area contributed by atoms with E-state index >= 15 is 0 Å². The van der Waals surface area contributed by atoms with Crippen molar-refractivity contribution >= 4 is 51.6 Å². The number of halogens is 1. The Hall–Kier alpha value is -3.10. The van der Waals surface area contributed by atoms with Gasteiger partial charge in [-0.25, -0.2) is 0 Å². The molecule has 158 valence electrons. The van der Waals surface area contributed by atoms with E-state index in [1.54, 1.807) is 35.6 Å². The largest absolute Gasteiger partial charge is 0.325 e. The van der Waals surface area contributed by atoms with Crippen molar-refractivity contribution in [1.29, 1.82) is 0 Å². The standard InChI is InChI=1S/C22H20ClN5O2S/c1-4-11-27-20(30)16-7-5-6-8-18(16)28-21(27)25-26-22(28)31-14(3)19(29)24-17-12-15(23)10-9-13(17)2/h4-10,12,14H,1,11H2,2-3H3,(H,24,29). The van der Waals surface area contributed by atoms with Crippen molar-refractivity contribution in [3.8, 4) is 0 Å². The Bertz CT molecular complexity index is 1380. The molecule has 0 spiro atoms. The predicted octanol–water partition coefficient (Wildman–Crippen LogP) is 4.31. The summed E-state index contributed by atoms with van der Waals surface area (Å²) in [6.07, 6.45) is 1.64. The number of hydrogen-bond donors (Lipinski definition) is 1. The zero-order valence-corrected chi connectivity index (χ0v) is 18.6. The molecule has 0 bridgehead atoms. The van der Waals surface area contributed by atoms with Gasteiger partial charge in [0.25, 0.3) is 5.56 Å². The van der Waals surface area contributed by atoms with Crippen molar-refractivity contribution in [3.63, 3.8) is 0 Å². The van der Waals surface area contributed by atoms with Crippen molar-refractivity contribution in [1.82, 2.24) is 19.2 Å². The highest BCUT2D eigenvalue weighted by Gasteiger charge is 2.21. The molecule has 0 radical (unpaired) electrons. The Balaban J connectivity index is 1.72. The van der Waals surface area contributed by atoms with Gasteiger partial charge in [0.05, 0.1) is 16.2 Å². The molecule has 1 N–H and O–H groups in total. The number of aryl methyl sites for hydroxylation is 1. The molecule has 2 aromatic carbocycles. The van der Waals surface area contributed by atoms with Gasteiger partial charge < -0.3 is 5.32 Å². The first-order valence-electron chi connectivity index (χ1n) is 9.62. The van der Waals surface area contributed by atoms with Gasteiger partial charge in [0.1, 0.15) is 0 Å². The van der Waals surface area contributed by atoms with E-state index in [4.69, 9.17) is 11.6 Å². The highest BCUT2D eigenvalue weighted by molar-refractivity contribution is 8.00. The second kappa shape index (κ2) is 8.56. The summed E-state index contributed by atoms with van der Waals surface area (Å²) in [7, 11) is 0. The third kappa shape index (κ3) is 3.96. The summed E-state index contributed by atoms with van der Waals surface area (Å²) in [5.41, 5.74) is 2.12. The Morgan fingerprint density at radius 3 is 2.84 bits per heavy atom. The summed E-state index contributed by atoms with van der Waals surface area (Å²) < 4.78 is 3.33. The topological polar surface area (TPSA) is 81.3 Å². The van der Waals surface area contributed by atoms with Crippen LogP contribution < -0.4 is 10.9 Å². The van der Waals surface area contributed by atoms with Gasteiger partial charge in [0, 0.05) is 17.3 Å². The third-order valence-corrected chi connectivity index (χ3v) is 6.18. The lowest BCUT2D eigenvalue weighted by Gasteiger charge is -2.14. The van der Waals surface area contributed by atoms with Gasteiger partial charge >= 0.3 is 0 Å². The van der Waals surface area contributed by atoms with E-state index in [1.807, 2.05) is 31.2 Å². The molecule has 0 saturated carbocycles. The van der Waals surface area contributed by atoms with Crippen molar-refractivity contribution < 1.29 is 4.79 Å². The molecule has 4 aromatic rings. The van der Waals surface area contributed by atoms with E-state index in [0.29, 0.717) is 39.1 Å². The highest BCUT2D eigenvalue weighted by atomic mass is 35.5. The van der Waals surface area contributed by atoms with Gasteiger partial charge in [-0.15, -0.1) is 16.8 Å². The summed E-state index contributed by atoms with van der Waals surface area (Å²) in [6, 6.07) is 12.6. The average Bonchev–Trinajstić information content (AvgIpc) is 3.17. The first-order chi connectivity index (χ1) is 14.9. The molecule has 31 heavy (non-hydrogen) atoms. The van der Waals surface area contributed by atoms with Gasteiger partial charge in [-0.1, -0.05) is 47.6 Å². The molecule has 1 atom stereocenters. The number of carbonyl (C=O) groups excluding carboxylic acids is 1. The number of anilines is 1. The van der Waals surface area contributed by atoms with Crippen LogP contribution >= 0.6 is 23.4 Å². The smallest absolute Gasteiger partial charge is 0.263 e. The number of nitrogens with one attached hydrogen (secondary N) is 1. The minimum atomic E-state index is -0.468. The molecule has 0 saturated heterocycles. The van der Waals surface area contributed by atoms with Crippen LogP contribution in [0.3, 0.4) is 0 Å². The molecule has 0 fully saturated rings. The fourth-order valence-corrected chi connectivity index (χ4v) is 4.31. The SMILES string of the molecule is C=CCn1c(=O)c2ccccc2n2c(SC(C)C(=O)Nc3cc(Cl)ccc3C)nnc12. The number of aromatic nitrogens is 4. The molecule has 1 unspecified atom stereocenters. The average molecular weight is 454 g/mol. The molecule has 0 aliphatic rings. The number of benzene rings is 2. The first-order valence-corrected chi connectivity index (χ1v) is 10.9. The normalized spacial score (nSPS) is 12.2. The van der Waals surface area contributed by atoms with Crippen molar-refractivity contribution in [2.45, 2.75) is 30.8 Å². The van der Waals surface area contributed by atoms with Crippen LogP contribution in [-0.4, -0.2) is 30.3 Å². The molecule has 9 heteroatoms. The summed E-state index contributed by atoms with van der Waals surface area (Å²) >= 11 is 7.32. The van der Waals surface area contributed by atoms with Gasteiger partial charge in [0.15, 0.2) is 5.16 Å². The van der Waals surface area contributed by atoms with E-state index in [0.717, 1.165) is 5.56 Å². The van der Waals surface area contributed by atoms with Crippen LogP contribution in [0.4, 0.5) is 5.69 Å². The van der Waals surface area contributed by atoms with Crippen molar-refractivity contribution in [2.75, 3.05) is 5.32 Å². The molecule has 7 nitrogen and oxygen atoms in total. The predicted molar refractivity (Wildman–Crippen MR) is 125 cm³/mol. The number of para-hydroxylation sites is 1. The quantitative estimate of drug-likeness (QED) is 0.347. The number of carbonyl (C=O) groups is 1. The highest BCUT2D eigenvalue weighted by Crippen LogP contribution is 2.27. The number of allylic oxidation sites excluding steroid dienone is 1. The zero-order chi connectivity index (χ0) is 22.1. The molecular formula is C22H20ClN5O2S. The van der Waals surface area contributed by atoms with E-state index in [1.165, 1.54) is 16.3 Å². The fourth-order valence-electron chi connectivity index (χ4n) is 3.28. The molecule has 2 aromatic heterocycles. The fraction of sp³-hybridized carbons (Fsp3) is 0.182. The lowest BCUT2D eigenvalue weighted by molar-refractivity contribution is -0.115. The first kappa shape index (κ1) is 21.1. The monoisotopic (exact) mass is 453 g/mol. The number of rotatable bonds is 6. The number of fused-ring (bicyclic) bond motifs is 3. The van der Waals surface area contributed by atoms with E-state index in [-0.39, 0.29) is 11.5 Å². The zero-order valence-electron chi connectivity index (χ0n) is 17.0. The van der Waals surface area contributed by atoms with Gasteiger partial charge in [-0.2, -0.15) is 0 Å². The maximum Gasteiger partial charge on any atom is 0.263 e. The Labute approximate surface area is 187 Å². The summed E-state index contributed by atoms with van der Waals surface area (Å²) in [4.78, 5) is 25.7. The Morgan fingerprint density at radius 2 is 2.06 bits per heavy atom. The molecular weight excluding hydrogens is 434 g/mol. The van der Waals surface area contributed by atoms with E-state index in [2.05, 4.69) is 22.1 Å². The van der Waals surface area contributed by atoms with Crippen LogP contribution in [0.15, 0.2) is 65.1 Å². The van der Waals surface area contributed by atoms with E-state index < -0.39 is 5.25 Å². The van der Waals surface area contributed by atoms with Crippen molar-refractivity contribution in [3.05, 3.63) is 76.1 Å². The summed E-state index contributed by atoms with van der Waals surface area (Å²) in [6.45, 7) is 7.73. The number of thioether (sulfide) groups is 1. The molecule has 0 aliphatic carbocycles. The molecule has 1 amide bonds. The van der Waals surface area contributed by atoms with Crippen LogP contribution in [-0.2, 0) is 11.3 Å². The van der Waals surface area contributed by atoms with Gasteiger partial charge in [-0.3, -0.25) is 18.6 Å². The second-order valence-corrected chi connectivity index (χ2v) is 8.79. The van der Waals surface area contributed by atoms with Crippen LogP contribution in [0.25, 0.3) is 16.7 Å². The Morgan fingerprint density at radius 1 is 1.29 bits per heavy atom. The maximum atomic E-state index is 12.9. The van der Waals surface area contributed by atoms with E-state index in [9.17, 15) is 9.59 Å². The number of amides is 1. The van der Waals surface area contributed by atoms with Crippen LogP contribution in [0.1, 0.15) is 12.5 Å². The molecule has 2 heterocycles. The van der Waals surface area contributed by atoms with Crippen molar-refractivity contribution in [2.24, 2.45) is 0 Å². The Kier molecular flexibility index (Phi) is 5.84. The van der Waals surface area contributed by atoms with Crippen LogP contribution in [0, 0.1) is 6.92 Å². The lowest BCUT2D eigenvalue weighted by atomic mass is 10.2. The minimum Gasteiger partial charge on any atom is -0.325 e. The molecule has 0 aliphatic heterocycles. The van der Waals surface area contributed by atoms with Gasteiger partial charge in [0.2, 0.25) is 11.7 Å². The second-order valence-electron chi connectivity index (χ2n) is 7.05. The van der Waals surface area contributed by atoms with Crippen LogP contribution in [0.5, 0.6) is 0 Å². The molecule has 4 rings (SSSR count). The maximum absolute atomic E-state index is 12.9. The number of hydrogen-bond acceptors (Lipinski definition) is 5. The number of nitrogens with zero attached hydrogens (tertiary/aromatic N) is 4.